The second-order valence-corrected chi connectivity index (χ2v) is 7.52. The molecule has 11 nitrogen and oxygen atoms in total. The first-order valence-corrected chi connectivity index (χ1v) is 10.5. The van der Waals surface area contributed by atoms with Gasteiger partial charge in [0.2, 0.25) is 17.8 Å². The summed E-state index contributed by atoms with van der Waals surface area (Å²) in [6.07, 6.45) is 4.61. The van der Waals surface area contributed by atoms with Gasteiger partial charge in [-0.05, 0) is 33.6 Å². The number of rotatable bonds is 13. The molecule has 0 atom stereocenters. The third-order valence-electron chi connectivity index (χ3n) is 5.10. The average molecular weight is 460 g/mol. The summed E-state index contributed by atoms with van der Waals surface area (Å²) in [5, 5.41) is 16.4. The standard InChI is InChI=1S/C22H30N6O5/c1-23-6-5-7-28(2)11-14-10-24-21-20(14)22(26-13-25-21)27-15-8-18(33-12-19(29)30)17(32-4)9-16(15)31-3/h8-10,13,23H,5-7,11-12H2,1-4H3,(H,29,30)(H2,24,25,26,27)/p+1. The highest BCUT2D eigenvalue weighted by atomic mass is 16.5. The van der Waals surface area contributed by atoms with Gasteiger partial charge in [0.1, 0.15) is 11.1 Å². The Kier molecular flexibility index (Phi) is 8.28. The van der Waals surface area contributed by atoms with Crippen molar-refractivity contribution in [1.29, 1.82) is 0 Å². The Hall–Kier alpha value is -3.57. The van der Waals surface area contributed by atoms with Crippen LogP contribution in [-0.2, 0) is 11.3 Å². The molecule has 0 aliphatic rings. The zero-order chi connectivity index (χ0) is 23.8. The fourth-order valence-corrected chi connectivity index (χ4v) is 3.54. The Morgan fingerprint density at radius 3 is 2.73 bits per heavy atom. The molecule has 0 aliphatic heterocycles. The highest BCUT2D eigenvalue weighted by molar-refractivity contribution is 5.91. The van der Waals surface area contributed by atoms with Crippen LogP contribution in [0.3, 0.4) is 0 Å². The van der Waals surface area contributed by atoms with Crippen molar-refractivity contribution in [3.8, 4) is 17.2 Å². The normalized spacial score (nSPS) is 11.1. The molecule has 11 heteroatoms. The van der Waals surface area contributed by atoms with Gasteiger partial charge in [0, 0.05) is 24.2 Å². The predicted molar refractivity (Wildman–Crippen MR) is 123 cm³/mol. The molecule has 0 bridgehead atoms. The van der Waals surface area contributed by atoms with Gasteiger partial charge in [0.05, 0.1) is 26.1 Å². The number of benzene rings is 1. The number of hydrogen-bond acceptors (Lipinski definition) is 8. The number of anilines is 2. The minimum atomic E-state index is -1.08. The fourth-order valence-electron chi connectivity index (χ4n) is 3.54. The molecule has 0 aliphatic carbocycles. The lowest BCUT2D eigenvalue weighted by Gasteiger charge is -2.17. The monoisotopic (exact) mass is 459 g/mol. The summed E-state index contributed by atoms with van der Waals surface area (Å²) in [4.78, 5) is 24.1. The maximum absolute atomic E-state index is 11.0. The molecule has 2 aromatic heterocycles. The summed E-state index contributed by atoms with van der Waals surface area (Å²) in [6.45, 7) is 2.16. The second kappa shape index (κ2) is 11.3. The minimum absolute atomic E-state index is 0.278. The lowest BCUT2D eigenvalue weighted by atomic mass is 10.2. The van der Waals surface area contributed by atoms with Crippen molar-refractivity contribution in [2.45, 2.75) is 13.0 Å². The molecule has 178 valence electrons. The number of hydrogen-bond donors (Lipinski definition) is 4. The quantitative estimate of drug-likeness (QED) is 0.281. The van der Waals surface area contributed by atoms with E-state index in [2.05, 4.69) is 37.5 Å². The van der Waals surface area contributed by atoms with Gasteiger partial charge in [-0.3, -0.25) is 4.98 Å². The minimum Gasteiger partial charge on any atom is -0.494 e. The fraction of sp³-hybridized carbons (Fsp3) is 0.409. The van der Waals surface area contributed by atoms with Crippen molar-refractivity contribution < 1.29 is 29.1 Å². The van der Waals surface area contributed by atoms with Crippen molar-refractivity contribution in [3.05, 3.63) is 30.2 Å². The molecule has 0 saturated carbocycles. The Balaban J connectivity index is 1.93. The van der Waals surface area contributed by atoms with Crippen LogP contribution in [0.1, 0.15) is 12.0 Å². The molecular formula is C22H31N6O5+. The molecule has 0 fully saturated rings. The Labute approximate surface area is 192 Å². The van der Waals surface area contributed by atoms with E-state index < -0.39 is 12.6 Å². The SMILES string of the molecule is CNCCCN(C)Cc1c[nH]c2[nH+]cnc(Nc3cc(OCC(=O)O)c(OC)cc3OC)c12. The van der Waals surface area contributed by atoms with Crippen molar-refractivity contribution in [1.82, 2.24) is 20.2 Å². The molecule has 33 heavy (non-hydrogen) atoms. The van der Waals surface area contributed by atoms with Gasteiger partial charge in [-0.25, -0.2) is 9.78 Å². The number of nitrogens with one attached hydrogen (secondary N) is 4. The Bertz CT molecular complexity index is 1090. The van der Waals surface area contributed by atoms with E-state index in [0.717, 1.165) is 42.7 Å². The van der Waals surface area contributed by atoms with Crippen molar-refractivity contribution in [3.63, 3.8) is 0 Å². The Morgan fingerprint density at radius 2 is 2.03 bits per heavy atom. The average Bonchev–Trinajstić information content (AvgIpc) is 3.21. The molecule has 3 aromatic rings. The first-order valence-electron chi connectivity index (χ1n) is 10.5. The summed E-state index contributed by atoms with van der Waals surface area (Å²) in [6, 6.07) is 3.28. The summed E-state index contributed by atoms with van der Waals surface area (Å²) >= 11 is 0. The molecule has 0 spiro atoms. The van der Waals surface area contributed by atoms with Gasteiger partial charge in [0.25, 0.3) is 0 Å². The van der Waals surface area contributed by atoms with Gasteiger partial charge in [-0.1, -0.05) is 4.98 Å². The highest BCUT2D eigenvalue weighted by Crippen LogP contribution is 2.40. The summed E-state index contributed by atoms with van der Waals surface area (Å²) < 4.78 is 16.2. The number of ether oxygens (including phenoxy) is 3. The number of fused-ring (bicyclic) bond motifs is 1. The molecule has 2 heterocycles. The number of aromatic nitrogens is 3. The summed E-state index contributed by atoms with van der Waals surface area (Å²) in [5.74, 6) is 0.680. The molecule has 1 aromatic carbocycles. The van der Waals surface area contributed by atoms with Crippen molar-refractivity contribution >= 4 is 28.5 Å². The predicted octanol–water partition coefficient (Wildman–Crippen LogP) is 1.64. The summed E-state index contributed by atoms with van der Waals surface area (Å²) in [5.41, 5.74) is 2.48. The number of carboxylic acid groups (broad SMARTS) is 1. The van der Waals surface area contributed by atoms with Crippen LogP contribution in [0.4, 0.5) is 11.5 Å². The first-order chi connectivity index (χ1) is 16.0. The van der Waals surface area contributed by atoms with E-state index in [1.165, 1.54) is 7.11 Å². The first kappa shape index (κ1) is 24.1. The van der Waals surface area contributed by atoms with Crippen molar-refractivity contribution in [2.75, 3.05) is 53.3 Å². The van der Waals surface area contributed by atoms with E-state index in [1.807, 2.05) is 13.2 Å². The smallest absolute Gasteiger partial charge is 0.341 e. The third kappa shape index (κ3) is 6.02. The maximum Gasteiger partial charge on any atom is 0.341 e. The van der Waals surface area contributed by atoms with Crippen LogP contribution in [0.15, 0.2) is 24.7 Å². The van der Waals surface area contributed by atoms with Crippen molar-refractivity contribution in [2.24, 2.45) is 0 Å². The number of aromatic amines is 2. The number of H-pyrrole nitrogens is 2. The van der Waals surface area contributed by atoms with Gasteiger partial charge in [0.15, 0.2) is 18.1 Å². The van der Waals surface area contributed by atoms with Gasteiger partial charge in [-0.15, -0.1) is 0 Å². The van der Waals surface area contributed by atoms with E-state index in [-0.39, 0.29) is 5.75 Å². The maximum atomic E-state index is 11.0. The van der Waals surface area contributed by atoms with E-state index in [9.17, 15) is 4.79 Å². The van der Waals surface area contributed by atoms with Crippen LogP contribution in [-0.4, -0.2) is 74.0 Å². The Morgan fingerprint density at radius 1 is 1.24 bits per heavy atom. The highest BCUT2D eigenvalue weighted by Gasteiger charge is 2.20. The van der Waals surface area contributed by atoms with Crippen LogP contribution >= 0.6 is 0 Å². The van der Waals surface area contributed by atoms with Crippen LogP contribution < -0.4 is 29.8 Å². The molecule has 3 rings (SSSR count). The van der Waals surface area contributed by atoms with E-state index in [4.69, 9.17) is 19.3 Å². The second-order valence-electron chi connectivity index (χ2n) is 7.52. The van der Waals surface area contributed by atoms with Crippen LogP contribution in [0.5, 0.6) is 17.2 Å². The van der Waals surface area contributed by atoms with E-state index >= 15 is 0 Å². The molecule has 0 radical (unpaired) electrons. The molecule has 5 N–H and O–H groups in total. The topological polar surface area (TPSA) is 135 Å². The molecule has 0 saturated heterocycles. The van der Waals surface area contributed by atoms with E-state index in [1.54, 1.807) is 25.6 Å². The van der Waals surface area contributed by atoms with Crippen LogP contribution in [0, 0.1) is 0 Å². The van der Waals surface area contributed by atoms with Gasteiger partial charge in [-0.2, -0.15) is 0 Å². The molecule has 0 amide bonds. The third-order valence-corrected chi connectivity index (χ3v) is 5.10. The lowest BCUT2D eigenvalue weighted by Crippen LogP contribution is -2.22. The van der Waals surface area contributed by atoms with Gasteiger partial charge >= 0.3 is 5.97 Å². The van der Waals surface area contributed by atoms with Crippen LogP contribution in [0.2, 0.25) is 0 Å². The zero-order valence-electron chi connectivity index (χ0n) is 19.3. The number of aliphatic carboxylic acids is 1. The molecular weight excluding hydrogens is 428 g/mol. The number of carboxylic acids is 1. The lowest BCUT2D eigenvalue weighted by molar-refractivity contribution is -0.352. The zero-order valence-corrected chi connectivity index (χ0v) is 19.3. The van der Waals surface area contributed by atoms with E-state index in [0.29, 0.717) is 23.0 Å². The van der Waals surface area contributed by atoms with Gasteiger partial charge < -0.3 is 34.9 Å². The number of nitrogens with zero attached hydrogens (tertiary/aromatic N) is 2. The van der Waals surface area contributed by atoms with Crippen LogP contribution in [0.25, 0.3) is 11.0 Å². The number of carbonyl (C=O) groups is 1. The molecule has 0 unspecified atom stereocenters. The summed E-state index contributed by atoms with van der Waals surface area (Å²) in [7, 11) is 7.05. The largest absolute Gasteiger partial charge is 0.494 e. The number of methoxy groups -OCH3 is 2.